The minimum Gasteiger partial charge on any atom is -0.494 e. The van der Waals surface area contributed by atoms with E-state index in [1.54, 1.807) is 0 Å². The van der Waals surface area contributed by atoms with Crippen molar-refractivity contribution in [3.63, 3.8) is 0 Å². The third kappa shape index (κ3) is 5.13. The molecule has 1 aliphatic rings. The van der Waals surface area contributed by atoms with Gasteiger partial charge in [0.15, 0.2) is 5.16 Å². The van der Waals surface area contributed by atoms with E-state index in [2.05, 4.69) is 26.8 Å². The molecule has 3 rings (SSSR count). The Bertz CT molecular complexity index is 900. The Morgan fingerprint density at radius 2 is 2.11 bits per heavy atom. The number of ether oxygens (including phenoxy) is 1. The molecule has 2 heterocycles. The van der Waals surface area contributed by atoms with Gasteiger partial charge in [-0.3, -0.25) is 4.79 Å². The Labute approximate surface area is 169 Å². The van der Waals surface area contributed by atoms with Crippen LogP contribution < -0.4 is 10.3 Å². The van der Waals surface area contributed by atoms with Crippen LogP contribution in [0.4, 0.5) is 0 Å². The highest BCUT2D eigenvalue weighted by molar-refractivity contribution is 7.98. The molecule has 0 saturated carbocycles. The highest BCUT2D eigenvalue weighted by Gasteiger charge is 2.15. The van der Waals surface area contributed by atoms with Crippen molar-refractivity contribution in [2.24, 2.45) is 0 Å². The van der Waals surface area contributed by atoms with E-state index in [-0.39, 0.29) is 5.56 Å². The smallest absolute Gasteiger partial charge is 0.270 e. The first-order chi connectivity index (χ1) is 13.6. The first-order valence-electron chi connectivity index (χ1n) is 9.33. The van der Waals surface area contributed by atoms with Crippen molar-refractivity contribution in [3.8, 4) is 23.1 Å². The summed E-state index contributed by atoms with van der Waals surface area (Å²) in [5.41, 5.74) is 0.688. The Balaban J connectivity index is 1.64. The average Bonchev–Trinajstić information content (AvgIpc) is 2.72. The average molecular weight is 400 g/mol. The molecule has 1 fully saturated rings. The number of nitrogens with zero attached hydrogens (tertiary/aromatic N) is 4. The second-order valence-corrected chi connectivity index (χ2v) is 7.58. The van der Waals surface area contributed by atoms with E-state index in [0.29, 0.717) is 28.8 Å². The SMILES string of the molecule is CSc1nc(-c2cccc(OCCCN3CCN(C)CC3)c2)c(C#N)c(=O)[nH]1. The number of aromatic amines is 1. The highest BCUT2D eigenvalue weighted by Crippen LogP contribution is 2.25. The second-order valence-electron chi connectivity index (χ2n) is 6.79. The zero-order chi connectivity index (χ0) is 19.9. The number of aromatic nitrogens is 2. The van der Waals surface area contributed by atoms with Crippen LogP contribution in [-0.4, -0.2) is 72.4 Å². The van der Waals surface area contributed by atoms with Crippen LogP contribution in [0.1, 0.15) is 12.0 Å². The lowest BCUT2D eigenvalue weighted by atomic mass is 10.1. The fourth-order valence-electron chi connectivity index (χ4n) is 3.14. The maximum absolute atomic E-state index is 12.1. The summed E-state index contributed by atoms with van der Waals surface area (Å²) in [7, 11) is 2.16. The van der Waals surface area contributed by atoms with E-state index in [4.69, 9.17) is 4.74 Å². The van der Waals surface area contributed by atoms with Gasteiger partial charge in [0, 0.05) is 38.3 Å². The van der Waals surface area contributed by atoms with Gasteiger partial charge in [-0.1, -0.05) is 23.9 Å². The van der Waals surface area contributed by atoms with E-state index >= 15 is 0 Å². The molecule has 148 valence electrons. The topological polar surface area (TPSA) is 85.2 Å². The summed E-state index contributed by atoms with van der Waals surface area (Å²) in [6.45, 7) is 6.10. The van der Waals surface area contributed by atoms with Crippen LogP contribution in [-0.2, 0) is 0 Å². The highest BCUT2D eigenvalue weighted by atomic mass is 32.2. The molecule has 1 aromatic heterocycles. The van der Waals surface area contributed by atoms with Crippen LogP contribution in [0.5, 0.6) is 5.75 Å². The molecule has 0 amide bonds. The first kappa shape index (κ1) is 20.4. The van der Waals surface area contributed by atoms with Crippen LogP contribution in [0.25, 0.3) is 11.3 Å². The van der Waals surface area contributed by atoms with Crippen molar-refractivity contribution in [2.75, 3.05) is 52.6 Å². The quantitative estimate of drug-likeness (QED) is 0.433. The molecule has 0 spiro atoms. The zero-order valence-corrected chi connectivity index (χ0v) is 17.1. The fraction of sp³-hybridized carbons (Fsp3) is 0.450. The van der Waals surface area contributed by atoms with Gasteiger partial charge in [0.1, 0.15) is 17.4 Å². The molecule has 2 aromatic rings. The lowest BCUT2D eigenvalue weighted by Crippen LogP contribution is -2.44. The van der Waals surface area contributed by atoms with Crippen LogP contribution in [0.2, 0.25) is 0 Å². The van der Waals surface area contributed by atoms with Crippen molar-refractivity contribution in [2.45, 2.75) is 11.6 Å². The lowest BCUT2D eigenvalue weighted by Gasteiger charge is -2.32. The predicted molar refractivity (Wildman–Crippen MR) is 111 cm³/mol. The Morgan fingerprint density at radius 1 is 1.32 bits per heavy atom. The van der Waals surface area contributed by atoms with Gasteiger partial charge in [0.25, 0.3) is 5.56 Å². The summed E-state index contributed by atoms with van der Waals surface area (Å²) in [6.07, 6.45) is 2.78. The number of rotatable bonds is 7. The fourth-order valence-corrected chi connectivity index (χ4v) is 3.52. The molecular weight excluding hydrogens is 374 g/mol. The van der Waals surface area contributed by atoms with Gasteiger partial charge in [0.2, 0.25) is 0 Å². The van der Waals surface area contributed by atoms with E-state index < -0.39 is 5.56 Å². The number of benzene rings is 1. The molecule has 1 saturated heterocycles. The number of piperazine rings is 1. The number of hydrogen-bond acceptors (Lipinski definition) is 7. The van der Waals surface area contributed by atoms with E-state index in [0.717, 1.165) is 39.1 Å². The van der Waals surface area contributed by atoms with Crippen molar-refractivity contribution in [1.82, 2.24) is 19.8 Å². The normalized spacial score (nSPS) is 15.3. The molecule has 28 heavy (non-hydrogen) atoms. The zero-order valence-electron chi connectivity index (χ0n) is 16.3. The summed E-state index contributed by atoms with van der Waals surface area (Å²) >= 11 is 1.33. The van der Waals surface area contributed by atoms with E-state index in [1.807, 2.05) is 36.6 Å². The molecule has 1 aromatic carbocycles. The minimum atomic E-state index is -0.421. The largest absolute Gasteiger partial charge is 0.494 e. The van der Waals surface area contributed by atoms with Crippen molar-refractivity contribution in [3.05, 3.63) is 40.2 Å². The lowest BCUT2D eigenvalue weighted by molar-refractivity contribution is 0.145. The summed E-state index contributed by atoms with van der Waals surface area (Å²) in [5.74, 6) is 0.715. The van der Waals surface area contributed by atoms with Crippen molar-refractivity contribution >= 4 is 11.8 Å². The van der Waals surface area contributed by atoms with Crippen LogP contribution in [0.15, 0.2) is 34.2 Å². The number of thioether (sulfide) groups is 1. The molecule has 0 aliphatic carbocycles. The van der Waals surface area contributed by atoms with E-state index in [9.17, 15) is 10.1 Å². The van der Waals surface area contributed by atoms with Gasteiger partial charge in [-0.25, -0.2) is 4.98 Å². The van der Waals surface area contributed by atoms with Crippen LogP contribution >= 0.6 is 11.8 Å². The van der Waals surface area contributed by atoms with Crippen LogP contribution in [0, 0.1) is 11.3 Å². The monoisotopic (exact) mass is 399 g/mol. The minimum absolute atomic E-state index is 0.0185. The van der Waals surface area contributed by atoms with Gasteiger partial charge < -0.3 is 19.5 Å². The van der Waals surface area contributed by atoms with Gasteiger partial charge >= 0.3 is 0 Å². The molecular formula is C20H25N5O2S. The van der Waals surface area contributed by atoms with Gasteiger partial charge in [-0.15, -0.1) is 0 Å². The number of hydrogen-bond donors (Lipinski definition) is 1. The Hall–Kier alpha value is -2.34. The van der Waals surface area contributed by atoms with Gasteiger partial charge in [-0.2, -0.15) is 5.26 Å². The molecule has 0 atom stereocenters. The maximum atomic E-state index is 12.1. The van der Waals surface area contributed by atoms with Crippen LogP contribution in [0.3, 0.4) is 0 Å². The maximum Gasteiger partial charge on any atom is 0.270 e. The number of likely N-dealkylation sites (N-methyl/N-ethyl adjacent to an activating group) is 1. The summed E-state index contributed by atoms with van der Waals surface area (Å²) in [5, 5.41) is 9.84. The third-order valence-electron chi connectivity index (χ3n) is 4.79. The summed E-state index contributed by atoms with van der Waals surface area (Å²) in [6, 6.07) is 9.37. The molecule has 1 aliphatic heterocycles. The molecule has 0 unspecified atom stereocenters. The molecule has 7 nitrogen and oxygen atoms in total. The third-order valence-corrected chi connectivity index (χ3v) is 5.37. The summed E-state index contributed by atoms with van der Waals surface area (Å²) < 4.78 is 5.90. The Kier molecular flexibility index (Phi) is 7.09. The molecule has 0 bridgehead atoms. The predicted octanol–water partition coefficient (Wildman–Crippen LogP) is 2.05. The molecule has 0 radical (unpaired) electrons. The molecule has 1 N–H and O–H groups in total. The second kappa shape index (κ2) is 9.73. The van der Waals surface area contributed by atoms with E-state index in [1.165, 1.54) is 11.8 Å². The number of nitrogens with one attached hydrogen (secondary N) is 1. The van der Waals surface area contributed by atoms with Crippen molar-refractivity contribution < 1.29 is 4.74 Å². The van der Waals surface area contributed by atoms with Gasteiger partial charge in [-0.05, 0) is 31.9 Å². The van der Waals surface area contributed by atoms with Crippen molar-refractivity contribution in [1.29, 1.82) is 5.26 Å². The van der Waals surface area contributed by atoms with Gasteiger partial charge in [0.05, 0.1) is 12.3 Å². The Morgan fingerprint density at radius 3 is 2.82 bits per heavy atom. The number of H-pyrrole nitrogens is 1. The first-order valence-corrected chi connectivity index (χ1v) is 10.6. The standard InChI is InChI=1S/C20H25N5O2S/c1-24-8-10-25(11-9-24)7-4-12-27-16-6-3-5-15(13-16)18-17(14-21)19(26)23-20(22-18)28-2/h3,5-6,13H,4,7-12H2,1-2H3,(H,22,23,26). The summed E-state index contributed by atoms with van der Waals surface area (Å²) in [4.78, 5) is 24.0. The number of nitriles is 1. The molecule has 8 heteroatoms.